The summed E-state index contributed by atoms with van der Waals surface area (Å²) in [7, 11) is 1.17. The Bertz CT molecular complexity index is 480. The average Bonchev–Trinajstić information content (AvgIpc) is 2.43. The van der Waals surface area contributed by atoms with E-state index in [1.165, 1.54) is 38.3 Å². The number of carbonyl (C=O) groups excluding carboxylic acids is 3. The normalized spacial score (nSPS) is 11.5. The molecule has 2 N–H and O–H groups in total. The first-order chi connectivity index (χ1) is 8.99. The minimum Gasteiger partial charge on any atom is -0.467 e. The number of carbonyl (C=O) groups is 3. The average molecular weight is 265 g/mol. The second-order valence-electron chi connectivity index (χ2n) is 3.87. The first-order valence-electron chi connectivity index (χ1n) is 5.60. The van der Waals surface area contributed by atoms with Crippen molar-refractivity contribution in [3.05, 3.63) is 35.4 Å². The number of hydrogen-bond donors (Lipinski definition) is 2. The van der Waals surface area contributed by atoms with Crippen molar-refractivity contribution in [3.8, 4) is 0 Å². The predicted octanol–water partition coefficient (Wildman–Crippen LogP) is 0.153. The molecular weight excluding hydrogens is 250 g/mol. The van der Waals surface area contributed by atoms with Crippen molar-refractivity contribution in [2.24, 2.45) is 0 Å². The SMILES string of the molecule is COC(=O)[C@@H](CO)NC(=O)c1ccc(C(C)=O)cc1. The van der Waals surface area contributed by atoms with Gasteiger partial charge in [-0.2, -0.15) is 0 Å². The van der Waals surface area contributed by atoms with Crippen LogP contribution in [0.4, 0.5) is 0 Å². The zero-order valence-corrected chi connectivity index (χ0v) is 10.7. The van der Waals surface area contributed by atoms with Gasteiger partial charge in [-0.1, -0.05) is 12.1 Å². The molecule has 0 saturated carbocycles. The number of methoxy groups -OCH3 is 1. The minimum absolute atomic E-state index is 0.102. The molecule has 0 aliphatic heterocycles. The van der Waals surface area contributed by atoms with Crippen LogP contribution >= 0.6 is 0 Å². The van der Waals surface area contributed by atoms with Crippen LogP contribution in [0.3, 0.4) is 0 Å². The van der Waals surface area contributed by atoms with Crippen molar-refractivity contribution < 1.29 is 24.2 Å². The van der Waals surface area contributed by atoms with E-state index in [9.17, 15) is 14.4 Å². The monoisotopic (exact) mass is 265 g/mol. The summed E-state index contributed by atoms with van der Waals surface area (Å²) in [6.45, 7) is 0.873. The highest BCUT2D eigenvalue weighted by atomic mass is 16.5. The summed E-state index contributed by atoms with van der Waals surface area (Å²) in [6, 6.07) is 4.87. The number of rotatable bonds is 5. The second kappa shape index (κ2) is 6.65. The van der Waals surface area contributed by atoms with Crippen molar-refractivity contribution in [3.63, 3.8) is 0 Å². The van der Waals surface area contributed by atoms with Crippen LogP contribution in [0.2, 0.25) is 0 Å². The first-order valence-corrected chi connectivity index (χ1v) is 5.60. The number of nitrogens with one attached hydrogen (secondary N) is 1. The smallest absolute Gasteiger partial charge is 0.330 e. The fourth-order valence-electron chi connectivity index (χ4n) is 1.42. The van der Waals surface area contributed by atoms with E-state index in [2.05, 4.69) is 10.1 Å². The van der Waals surface area contributed by atoms with Gasteiger partial charge in [0.15, 0.2) is 11.8 Å². The first kappa shape index (κ1) is 14.8. The highest BCUT2D eigenvalue weighted by Crippen LogP contribution is 2.05. The number of aliphatic hydroxyl groups is 1. The van der Waals surface area contributed by atoms with E-state index in [1.807, 2.05) is 0 Å². The number of ether oxygens (including phenoxy) is 1. The molecule has 0 fully saturated rings. The molecule has 0 aromatic heterocycles. The van der Waals surface area contributed by atoms with Gasteiger partial charge in [0.25, 0.3) is 5.91 Å². The van der Waals surface area contributed by atoms with E-state index in [0.717, 1.165) is 0 Å². The van der Waals surface area contributed by atoms with Crippen molar-refractivity contribution in [1.82, 2.24) is 5.32 Å². The third-order valence-electron chi connectivity index (χ3n) is 2.53. The zero-order valence-electron chi connectivity index (χ0n) is 10.7. The van der Waals surface area contributed by atoms with E-state index in [-0.39, 0.29) is 11.3 Å². The Hall–Kier alpha value is -2.21. The Morgan fingerprint density at radius 3 is 2.16 bits per heavy atom. The van der Waals surface area contributed by atoms with Gasteiger partial charge in [0.1, 0.15) is 0 Å². The summed E-state index contributed by atoms with van der Waals surface area (Å²) in [6.07, 6.45) is 0. The molecule has 0 spiro atoms. The summed E-state index contributed by atoms with van der Waals surface area (Å²) < 4.78 is 4.43. The van der Waals surface area contributed by atoms with Crippen LogP contribution in [0.1, 0.15) is 27.6 Å². The Kier molecular flexibility index (Phi) is 5.20. The van der Waals surface area contributed by atoms with Crippen LogP contribution in [-0.2, 0) is 9.53 Å². The fraction of sp³-hybridized carbons (Fsp3) is 0.308. The molecule has 6 nitrogen and oxygen atoms in total. The number of Topliss-reactive ketones (excluding diaryl/α,β-unsaturated/α-hetero) is 1. The Morgan fingerprint density at radius 1 is 1.21 bits per heavy atom. The van der Waals surface area contributed by atoms with E-state index in [1.54, 1.807) is 0 Å². The molecule has 1 rings (SSSR count). The van der Waals surface area contributed by atoms with E-state index < -0.39 is 24.5 Å². The Labute approximate surface area is 110 Å². The molecule has 1 aromatic carbocycles. The summed E-state index contributed by atoms with van der Waals surface area (Å²) in [5.41, 5.74) is 0.774. The minimum atomic E-state index is -1.11. The van der Waals surface area contributed by atoms with Gasteiger partial charge in [-0.15, -0.1) is 0 Å². The Balaban J connectivity index is 2.77. The molecule has 0 aliphatic rings. The molecule has 19 heavy (non-hydrogen) atoms. The molecule has 6 heteroatoms. The predicted molar refractivity (Wildman–Crippen MR) is 66.8 cm³/mol. The lowest BCUT2D eigenvalue weighted by atomic mass is 10.1. The molecule has 0 heterocycles. The lowest BCUT2D eigenvalue weighted by molar-refractivity contribution is -0.143. The van der Waals surface area contributed by atoms with Gasteiger partial charge in [0.2, 0.25) is 0 Å². The van der Waals surface area contributed by atoms with Crippen LogP contribution in [0.25, 0.3) is 0 Å². The molecule has 1 amide bonds. The van der Waals surface area contributed by atoms with Gasteiger partial charge in [-0.05, 0) is 19.1 Å². The second-order valence-corrected chi connectivity index (χ2v) is 3.87. The summed E-state index contributed by atoms with van der Waals surface area (Å²) >= 11 is 0. The number of hydrogen-bond acceptors (Lipinski definition) is 5. The maximum absolute atomic E-state index is 11.8. The maximum Gasteiger partial charge on any atom is 0.330 e. The standard InChI is InChI=1S/C13H15NO5/c1-8(16)9-3-5-10(6-4-9)12(17)14-11(7-15)13(18)19-2/h3-6,11,15H,7H2,1-2H3,(H,14,17)/t11-/m1/s1. The molecule has 0 bridgehead atoms. The molecule has 0 saturated heterocycles. The summed E-state index contributed by atoms with van der Waals surface area (Å²) in [5.74, 6) is -1.36. The third-order valence-corrected chi connectivity index (χ3v) is 2.53. The molecule has 0 radical (unpaired) electrons. The lowest BCUT2D eigenvalue weighted by Gasteiger charge is -2.13. The van der Waals surface area contributed by atoms with Crippen LogP contribution in [0.5, 0.6) is 0 Å². The van der Waals surface area contributed by atoms with Crippen molar-refractivity contribution >= 4 is 17.7 Å². The molecule has 1 aromatic rings. The maximum atomic E-state index is 11.8. The number of amides is 1. The van der Waals surface area contributed by atoms with Crippen LogP contribution in [0, 0.1) is 0 Å². The number of aliphatic hydroxyl groups excluding tert-OH is 1. The van der Waals surface area contributed by atoms with E-state index in [0.29, 0.717) is 5.56 Å². The van der Waals surface area contributed by atoms with Gasteiger partial charge in [-0.3, -0.25) is 9.59 Å². The number of ketones is 1. The third kappa shape index (κ3) is 3.89. The lowest BCUT2D eigenvalue weighted by Crippen LogP contribution is -2.44. The van der Waals surface area contributed by atoms with Crippen LogP contribution in [0.15, 0.2) is 24.3 Å². The highest BCUT2D eigenvalue weighted by molar-refractivity contribution is 5.99. The van der Waals surface area contributed by atoms with Crippen molar-refractivity contribution in [2.45, 2.75) is 13.0 Å². The van der Waals surface area contributed by atoms with E-state index >= 15 is 0 Å². The number of benzene rings is 1. The number of esters is 1. The topological polar surface area (TPSA) is 92.7 Å². The summed E-state index contributed by atoms with van der Waals surface area (Å²) in [5, 5.41) is 11.3. The van der Waals surface area contributed by atoms with Crippen molar-refractivity contribution in [1.29, 1.82) is 0 Å². The molecule has 102 valence electrons. The van der Waals surface area contributed by atoms with Crippen LogP contribution < -0.4 is 5.32 Å². The fourth-order valence-corrected chi connectivity index (χ4v) is 1.42. The summed E-state index contributed by atoms with van der Waals surface area (Å²) in [4.78, 5) is 34.1. The van der Waals surface area contributed by atoms with Gasteiger partial charge < -0.3 is 15.2 Å². The van der Waals surface area contributed by atoms with Gasteiger partial charge in [0, 0.05) is 11.1 Å². The molecule has 1 atom stereocenters. The largest absolute Gasteiger partial charge is 0.467 e. The van der Waals surface area contributed by atoms with Crippen LogP contribution in [-0.4, -0.2) is 42.5 Å². The Morgan fingerprint density at radius 2 is 1.74 bits per heavy atom. The van der Waals surface area contributed by atoms with Gasteiger partial charge >= 0.3 is 5.97 Å². The quantitative estimate of drug-likeness (QED) is 0.584. The highest BCUT2D eigenvalue weighted by Gasteiger charge is 2.21. The van der Waals surface area contributed by atoms with Gasteiger partial charge in [0.05, 0.1) is 13.7 Å². The van der Waals surface area contributed by atoms with E-state index in [4.69, 9.17) is 5.11 Å². The van der Waals surface area contributed by atoms with Crippen molar-refractivity contribution in [2.75, 3.05) is 13.7 Å². The molecular formula is C13H15NO5. The zero-order chi connectivity index (χ0) is 14.4. The van der Waals surface area contributed by atoms with Gasteiger partial charge in [-0.25, -0.2) is 4.79 Å². The molecule has 0 aliphatic carbocycles. The molecule has 0 unspecified atom stereocenters.